The third-order valence-electron chi connectivity index (χ3n) is 7.57. The van der Waals surface area contributed by atoms with Crippen LogP contribution in [0.2, 0.25) is 0 Å². The number of nitrogens with two attached hydrogens (primary N) is 1. The van der Waals surface area contributed by atoms with Gasteiger partial charge in [0.15, 0.2) is 5.96 Å². The number of carbonyl (C=O) groups excluding carboxylic acids is 2. The number of aliphatic imine (C=N–C) groups is 1. The molecule has 1 aliphatic carbocycles. The number of para-hydroxylation sites is 1. The number of benzene rings is 1. The van der Waals surface area contributed by atoms with Gasteiger partial charge in [0.2, 0.25) is 11.8 Å². The SMILES string of the molecule is CCC1(CC)CC(=O)N(C[C@@H]2C(C)[C@H]2C(=O)NC2c3ccccc3OC2(C)C)C(N)=N1. The van der Waals surface area contributed by atoms with Crippen molar-refractivity contribution in [3.63, 3.8) is 0 Å². The van der Waals surface area contributed by atoms with Gasteiger partial charge in [-0.05, 0) is 44.6 Å². The largest absolute Gasteiger partial charge is 0.485 e. The quantitative estimate of drug-likeness (QED) is 0.731. The van der Waals surface area contributed by atoms with Crippen molar-refractivity contribution in [2.45, 2.75) is 71.1 Å². The molecular formula is C24H34N4O3. The van der Waals surface area contributed by atoms with E-state index in [0.717, 1.165) is 24.2 Å². The lowest BCUT2D eigenvalue weighted by molar-refractivity contribution is -0.130. The zero-order chi connectivity index (χ0) is 22.6. The summed E-state index contributed by atoms with van der Waals surface area (Å²) in [6.45, 7) is 10.6. The second kappa shape index (κ2) is 7.53. The summed E-state index contributed by atoms with van der Waals surface area (Å²) in [6.07, 6.45) is 1.95. The highest BCUT2D eigenvalue weighted by atomic mass is 16.5. The Morgan fingerprint density at radius 1 is 1.29 bits per heavy atom. The van der Waals surface area contributed by atoms with Crippen LogP contribution in [0.1, 0.15) is 65.5 Å². The van der Waals surface area contributed by atoms with Crippen molar-refractivity contribution in [2.24, 2.45) is 28.5 Å². The molecule has 1 fully saturated rings. The molecule has 0 radical (unpaired) electrons. The molecule has 4 rings (SSSR count). The van der Waals surface area contributed by atoms with E-state index >= 15 is 0 Å². The number of guanidine groups is 1. The third-order valence-corrected chi connectivity index (χ3v) is 7.57. The van der Waals surface area contributed by atoms with Crippen molar-refractivity contribution in [1.82, 2.24) is 10.2 Å². The molecule has 168 valence electrons. The van der Waals surface area contributed by atoms with Crippen LogP contribution in [0.15, 0.2) is 29.3 Å². The topological polar surface area (TPSA) is 97.0 Å². The molecule has 2 heterocycles. The first kappa shape index (κ1) is 21.7. The van der Waals surface area contributed by atoms with E-state index in [4.69, 9.17) is 10.5 Å². The number of amides is 2. The summed E-state index contributed by atoms with van der Waals surface area (Å²) in [7, 11) is 0. The maximum atomic E-state index is 13.1. The van der Waals surface area contributed by atoms with E-state index in [9.17, 15) is 9.59 Å². The molecule has 0 saturated heterocycles. The Kier molecular flexibility index (Phi) is 5.26. The third kappa shape index (κ3) is 3.68. The average Bonchev–Trinajstić information content (AvgIpc) is 3.29. The number of hydrogen-bond donors (Lipinski definition) is 2. The molecule has 7 nitrogen and oxygen atoms in total. The molecule has 2 aliphatic heterocycles. The molecule has 1 aromatic carbocycles. The minimum atomic E-state index is -0.517. The zero-order valence-corrected chi connectivity index (χ0v) is 19.1. The Hall–Kier alpha value is -2.57. The predicted molar refractivity (Wildman–Crippen MR) is 119 cm³/mol. The first-order valence-corrected chi connectivity index (χ1v) is 11.4. The van der Waals surface area contributed by atoms with Crippen molar-refractivity contribution in [3.05, 3.63) is 29.8 Å². The van der Waals surface area contributed by atoms with Crippen LogP contribution in [0, 0.1) is 17.8 Å². The average molecular weight is 427 g/mol. The van der Waals surface area contributed by atoms with E-state index in [0.29, 0.717) is 13.0 Å². The van der Waals surface area contributed by atoms with Gasteiger partial charge in [-0.25, -0.2) is 4.99 Å². The van der Waals surface area contributed by atoms with Gasteiger partial charge >= 0.3 is 0 Å². The van der Waals surface area contributed by atoms with Gasteiger partial charge in [-0.15, -0.1) is 0 Å². The van der Waals surface area contributed by atoms with Gasteiger partial charge in [-0.1, -0.05) is 39.0 Å². The van der Waals surface area contributed by atoms with Gasteiger partial charge in [0.1, 0.15) is 11.4 Å². The molecule has 4 atom stereocenters. The molecule has 31 heavy (non-hydrogen) atoms. The second-order valence-corrected chi connectivity index (χ2v) is 9.82. The minimum Gasteiger partial charge on any atom is -0.485 e. The van der Waals surface area contributed by atoms with Crippen molar-refractivity contribution in [2.75, 3.05) is 6.54 Å². The van der Waals surface area contributed by atoms with E-state index in [1.807, 2.05) is 52.0 Å². The zero-order valence-electron chi connectivity index (χ0n) is 19.1. The molecule has 2 unspecified atom stereocenters. The predicted octanol–water partition coefficient (Wildman–Crippen LogP) is 3.00. The van der Waals surface area contributed by atoms with E-state index in [1.54, 1.807) is 4.90 Å². The summed E-state index contributed by atoms with van der Waals surface area (Å²) >= 11 is 0. The number of hydrogen-bond acceptors (Lipinski definition) is 5. The van der Waals surface area contributed by atoms with Crippen molar-refractivity contribution >= 4 is 17.8 Å². The molecular weight excluding hydrogens is 392 g/mol. The Balaban J connectivity index is 1.44. The Morgan fingerprint density at radius 3 is 2.61 bits per heavy atom. The standard InChI is InChI=1S/C24H34N4O3/c1-6-24(7-2)12-18(29)28(22(25)27-24)13-16-14(3)19(16)21(30)26-20-15-10-8-9-11-17(15)31-23(20,4)5/h8-11,14,16,19-20H,6-7,12-13H2,1-5H3,(H2,25,27)(H,26,30)/t14?,16-,19-,20?/m1/s1. The molecule has 1 saturated carbocycles. The van der Waals surface area contributed by atoms with Crippen LogP contribution < -0.4 is 15.8 Å². The van der Waals surface area contributed by atoms with Gasteiger partial charge in [-0.2, -0.15) is 0 Å². The van der Waals surface area contributed by atoms with Gasteiger partial charge in [0.25, 0.3) is 0 Å². The number of nitrogens with zero attached hydrogens (tertiary/aromatic N) is 2. The summed E-state index contributed by atoms with van der Waals surface area (Å²) in [6, 6.07) is 7.62. The molecule has 0 bridgehead atoms. The van der Waals surface area contributed by atoms with E-state index in [1.165, 1.54) is 0 Å². The second-order valence-electron chi connectivity index (χ2n) is 9.82. The summed E-state index contributed by atoms with van der Waals surface area (Å²) in [5, 5.41) is 3.21. The van der Waals surface area contributed by atoms with Gasteiger partial charge in [0, 0.05) is 18.0 Å². The number of ether oxygens (including phenoxy) is 1. The van der Waals surface area contributed by atoms with Crippen LogP contribution in [0.4, 0.5) is 0 Å². The van der Waals surface area contributed by atoms with E-state index in [-0.39, 0.29) is 47.1 Å². The van der Waals surface area contributed by atoms with E-state index in [2.05, 4.69) is 17.2 Å². The summed E-state index contributed by atoms with van der Waals surface area (Å²) in [5.41, 5.74) is 6.30. The maximum absolute atomic E-state index is 13.1. The first-order valence-electron chi connectivity index (χ1n) is 11.4. The fraction of sp³-hybridized carbons (Fsp3) is 0.625. The lowest BCUT2D eigenvalue weighted by Crippen LogP contribution is -2.52. The number of nitrogens with one attached hydrogen (secondary N) is 1. The fourth-order valence-electron chi connectivity index (χ4n) is 5.19. The van der Waals surface area contributed by atoms with Crippen molar-refractivity contribution < 1.29 is 14.3 Å². The lowest BCUT2D eigenvalue weighted by Gasteiger charge is -2.36. The lowest BCUT2D eigenvalue weighted by atomic mass is 9.88. The van der Waals surface area contributed by atoms with E-state index < -0.39 is 5.60 Å². The Bertz CT molecular complexity index is 921. The van der Waals surface area contributed by atoms with Crippen LogP contribution in [0.25, 0.3) is 0 Å². The fourth-order valence-corrected chi connectivity index (χ4v) is 5.19. The summed E-state index contributed by atoms with van der Waals surface area (Å²) in [4.78, 5) is 32.2. The van der Waals surface area contributed by atoms with Gasteiger partial charge in [0.05, 0.1) is 18.0 Å². The highest BCUT2D eigenvalue weighted by Gasteiger charge is 2.55. The Labute approximate surface area is 184 Å². The molecule has 3 N–H and O–H groups in total. The molecule has 1 aromatic rings. The highest BCUT2D eigenvalue weighted by molar-refractivity contribution is 5.99. The molecule has 0 spiro atoms. The minimum absolute atomic E-state index is 0.00677. The highest BCUT2D eigenvalue weighted by Crippen LogP contribution is 2.49. The van der Waals surface area contributed by atoms with Crippen molar-refractivity contribution in [1.29, 1.82) is 0 Å². The van der Waals surface area contributed by atoms with Crippen LogP contribution in [-0.4, -0.2) is 40.4 Å². The van der Waals surface area contributed by atoms with Crippen LogP contribution in [0.5, 0.6) is 5.75 Å². The Morgan fingerprint density at radius 2 is 1.97 bits per heavy atom. The first-order chi connectivity index (χ1) is 14.6. The summed E-state index contributed by atoms with van der Waals surface area (Å²) in [5.74, 6) is 1.24. The van der Waals surface area contributed by atoms with Crippen LogP contribution in [-0.2, 0) is 9.59 Å². The number of carbonyl (C=O) groups is 2. The molecule has 3 aliphatic rings. The number of fused-ring (bicyclic) bond motifs is 1. The van der Waals surface area contributed by atoms with Crippen LogP contribution in [0.3, 0.4) is 0 Å². The smallest absolute Gasteiger partial charge is 0.231 e. The monoisotopic (exact) mass is 426 g/mol. The summed E-state index contributed by atoms with van der Waals surface area (Å²) < 4.78 is 6.05. The molecule has 0 aromatic heterocycles. The normalized spacial score (nSPS) is 30.3. The van der Waals surface area contributed by atoms with Gasteiger partial charge < -0.3 is 15.8 Å². The number of rotatable bonds is 6. The maximum Gasteiger partial charge on any atom is 0.231 e. The van der Waals surface area contributed by atoms with Crippen LogP contribution >= 0.6 is 0 Å². The van der Waals surface area contributed by atoms with Crippen molar-refractivity contribution in [3.8, 4) is 5.75 Å². The molecule has 7 heteroatoms. The van der Waals surface area contributed by atoms with Gasteiger partial charge in [-0.3, -0.25) is 14.5 Å². The molecule has 2 amide bonds.